The molecule has 0 aliphatic carbocycles. The Bertz CT molecular complexity index is 404. The van der Waals surface area contributed by atoms with Gasteiger partial charge in [0.2, 0.25) is 0 Å². The number of rotatable bonds is 25. The molecule has 0 aromatic rings. The molecule has 0 aromatic heterocycles. The molecule has 0 N–H and O–H groups in total. The summed E-state index contributed by atoms with van der Waals surface area (Å²) in [5.74, 6) is -0.137. The van der Waals surface area contributed by atoms with Crippen molar-refractivity contribution < 1.29 is 37.6 Å². The summed E-state index contributed by atoms with van der Waals surface area (Å²) in [4.78, 5) is 11.5. The minimum Gasteiger partial charge on any atom is -0.463 e. The predicted molar refractivity (Wildman–Crippen MR) is 128 cm³/mol. The molecule has 0 radical (unpaired) electrons. The molecule has 8 nitrogen and oxygen atoms in total. The first kappa shape index (κ1) is 31.4. The summed E-state index contributed by atoms with van der Waals surface area (Å²) < 4.78 is 38.0. The Morgan fingerprint density at radius 1 is 0.562 bits per heavy atom. The van der Waals surface area contributed by atoms with Crippen molar-refractivity contribution in [3.8, 4) is 0 Å². The summed E-state index contributed by atoms with van der Waals surface area (Å²) in [6.07, 6.45) is 6.14. The smallest absolute Gasteiger partial charge is 0.305 e. The van der Waals surface area contributed by atoms with Gasteiger partial charge < -0.3 is 32.8 Å². The van der Waals surface area contributed by atoms with Crippen molar-refractivity contribution in [2.24, 2.45) is 0 Å². The summed E-state index contributed by atoms with van der Waals surface area (Å²) in [5, 5.41) is 0. The molecule has 0 spiro atoms. The number of carbonyl (C=O) groups excluding carboxylic acids is 1. The Kier molecular flexibility index (Phi) is 23.2. The third-order valence-electron chi connectivity index (χ3n) is 4.23. The SMILES string of the molecule is CCCCCCCC(=O)OCCOCCOCCOCCOCCOCCO[Si](C)(C)C. The van der Waals surface area contributed by atoms with Gasteiger partial charge in [0.05, 0.1) is 72.7 Å². The Hall–Kier alpha value is -0.553. The topological polar surface area (TPSA) is 81.7 Å². The van der Waals surface area contributed by atoms with Crippen LogP contribution < -0.4 is 0 Å². The quantitative estimate of drug-likeness (QED) is 0.111. The van der Waals surface area contributed by atoms with Crippen molar-refractivity contribution in [1.82, 2.24) is 0 Å². The van der Waals surface area contributed by atoms with Crippen LogP contribution in [0.2, 0.25) is 19.6 Å². The van der Waals surface area contributed by atoms with Crippen LogP contribution in [0.25, 0.3) is 0 Å². The van der Waals surface area contributed by atoms with E-state index in [4.69, 9.17) is 32.8 Å². The van der Waals surface area contributed by atoms with Gasteiger partial charge in [-0.15, -0.1) is 0 Å². The first-order valence-corrected chi connectivity index (χ1v) is 15.5. The van der Waals surface area contributed by atoms with Crippen molar-refractivity contribution in [3.05, 3.63) is 0 Å². The van der Waals surface area contributed by atoms with Gasteiger partial charge in [0.15, 0.2) is 8.32 Å². The number of hydrogen-bond donors (Lipinski definition) is 0. The minimum atomic E-state index is -1.44. The van der Waals surface area contributed by atoms with Gasteiger partial charge in [0.1, 0.15) is 6.61 Å². The van der Waals surface area contributed by atoms with Gasteiger partial charge in [-0.05, 0) is 26.1 Å². The van der Waals surface area contributed by atoms with Gasteiger partial charge in [-0.25, -0.2) is 0 Å². The maximum Gasteiger partial charge on any atom is 0.305 e. The number of unbranched alkanes of at least 4 members (excludes halogenated alkanes) is 4. The minimum absolute atomic E-state index is 0.137. The lowest BCUT2D eigenvalue weighted by Crippen LogP contribution is -2.27. The van der Waals surface area contributed by atoms with Crippen LogP contribution in [0.5, 0.6) is 0 Å². The molecule has 0 aliphatic rings. The van der Waals surface area contributed by atoms with E-state index in [-0.39, 0.29) is 5.97 Å². The van der Waals surface area contributed by atoms with Crippen LogP contribution in [0.4, 0.5) is 0 Å². The van der Waals surface area contributed by atoms with Gasteiger partial charge in [-0.2, -0.15) is 0 Å². The van der Waals surface area contributed by atoms with Crippen LogP contribution in [-0.4, -0.2) is 93.6 Å². The fraction of sp³-hybridized carbons (Fsp3) is 0.957. The van der Waals surface area contributed by atoms with Crippen molar-refractivity contribution in [2.45, 2.75) is 65.1 Å². The lowest BCUT2D eigenvalue weighted by molar-refractivity contribution is -0.145. The van der Waals surface area contributed by atoms with Crippen molar-refractivity contribution >= 4 is 14.3 Å². The van der Waals surface area contributed by atoms with Gasteiger partial charge in [0.25, 0.3) is 0 Å². The van der Waals surface area contributed by atoms with E-state index in [1.165, 1.54) is 19.3 Å². The van der Waals surface area contributed by atoms with Crippen LogP contribution >= 0.6 is 0 Å². The van der Waals surface area contributed by atoms with Crippen molar-refractivity contribution in [2.75, 3.05) is 79.3 Å². The van der Waals surface area contributed by atoms with Crippen LogP contribution in [0.1, 0.15) is 45.4 Å². The largest absolute Gasteiger partial charge is 0.463 e. The van der Waals surface area contributed by atoms with E-state index in [2.05, 4.69) is 26.6 Å². The van der Waals surface area contributed by atoms with Crippen LogP contribution in [0.3, 0.4) is 0 Å². The Morgan fingerprint density at radius 3 is 1.41 bits per heavy atom. The van der Waals surface area contributed by atoms with E-state index in [0.29, 0.717) is 85.7 Å². The summed E-state index contributed by atoms with van der Waals surface area (Å²) in [5.41, 5.74) is 0. The Morgan fingerprint density at radius 2 is 0.969 bits per heavy atom. The monoisotopic (exact) mass is 480 g/mol. The van der Waals surface area contributed by atoms with Gasteiger partial charge >= 0.3 is 5.97 Å². The summed E-state index contributed by atoms with van der Waals surface area (Å²) >= 11 is 0. The van der Waals surface area contributed by atoms with Crippen LogP contribution in [0, 0.1) is 0 Å². The summed E-state index contributed by atoms with van der Waals surface area (Å²) in [6, 6.07) is 0. The van der Waals surface area contributed by atoms with Gasteiger partial charge in [0, 0.05) is 6.42 Å². The molecule has 32 heavy (non-hydrogen) atoms. The number of esters is 1. The highest BCUT2D eigenvalue weighted by atomic mass is 28.4. The first-order valence-electron chi connectivity index (χ1n) is 12.1. The number of carbonyl (C=O) groups is 1. The second-order valence-corrected chi connectivity index (χ2v) is 12.9. The van der Waals surface area contributed by atoms with E-state index in [0.717, 1.165) is 12.8 Å². The van der Waals surface area contributed by atoms with Crippen molar-refractivity contribution in [3.63, 3.8) is 0 Å². The molecule has 0 heterocycles. The maximum absolute atomic E-state index is 11.5. The summed E-state index contributed by atoms with van der Waals surface area (Å²) in [7, 11) is -1.44. The standard InChI is InChI=1S/C23H48O8Si/c1-5-6-7-8-9-10-23(24)30-21-19-28-17-15-26-13-11-25-12-14-27-16-18-29-20-22-31-32(2,3)4/h5-22H2,1-4H3. The predicted octanol–water partition coefficient (Wildman–Crippen LogP) is 3.82. The number of hydrogen-bond acceptors (Lipinski definition) is 8. The van der Waals surface area contributed by atoms with E-state index in [9.17, 15) is 4.79 Å². The zero-order valence-corrected chi connectivity index (χ0v) is 22.0. The molecule has 0 aromatic carbocycles. The molecule has 0 aliphatic heterocycles. The van der Waals surface area contributed by atoms with Crippen molar-refractivity contribution in [1.29, 1.82) is 0 Å². The molecule has 0 unspecified atom stereocenters. The third kappa shape index (κ3) is 27.5. The first-order chi connectivity index (χ1) is 15.5. The number of ether oxygens (including phenoxy) is 6. The highest BCUT2D eigenvalue weighted by molar-refractivity contribution is 6.69. The molecular weight excluding hydrogens is 432 g/mol. The molecule has 0 rings (SSSR count). The molecular formula is C23H48O8Si. The van der Waals surface area contributed by atoms with Crippen LogP contribution in [-0.2, 0) is 37.6 Å². The molecule has 0 saturated carbocycles. The lowest BCUT2D eigenvalue weighted by atomic mass is 10.1. The third-order valence-corrected chi connectivity index (χ3v) is 5.30. The van der Waals surface area contributed by atoms with E-state index in [1.54, 1.807) is 0 Å². The molecule has 0 atom stereocenters. The zero-order valence-electron chi connectivity index (χ0n) is 21.0. The molecule has 0 amide bonds. The fourth-order valence-corrected chi connectivity index (χ4v) is 3.24. The average Bonchev–Trinajstić information content (AvgIpc) is 2.74. The zero-order chi connectivity index (χ0) is 23.8. The van der Waals surface area contributed by atoms with E-state index < -0.39 is 8.32 Å². The molecule has 0 fully saturated rings. The van der Waals surface area contributed by atoms with Gasteiger partial charge in [-0.1, -0.05) is 32.6 Å². The molecule has 192 valence electrons. The average molecular weight is 481 g/mol. The van der Waals surface area contributed by atoms with Gasteiger partial charge in [-0.3, -0.25) is 4.79 Å². The summed E-state index contributed by atoms with van der Waals surface area (Å²) in [6.45, 7) is 14.8. The molecule has 0 bridgehead atoms. The lowest BCUT2D eigenvalue weighted by Gasteiger charge is -2.16. The Balaban J connectivity index is 3.12. The Labute approximate surface area is 196 Å². The molecule has 9 heteroatoms. The van der Waals surface area contributed by atoms with E-state index >= 15 is 0 Å². The van der Waals surface area contributed by atoms with Crippen LogP contribution in [0.15, 0.2) is 0 Å². The fourth-order valence-electron chi connectivity index (χ4n) is 2.55. The van der Waals surface area contributed by atoms with E-state index in [1.807, 2.05) is 0 Å². The second-order valence-electron chi connectivity index (χ2n) is 8.41. The second kappa shape index (κ2) is 23.6. The highest BCUT2D eigenvalue weighted by Gasteiger charge is 2.13. The highest BCUT2D eigenvalue weighted by Crippen LogP contribution is 2.05. The normalized spacial score (nSPS) is 11.8. The maximum atomic E-state index is 11.5. The molecule has 0 saturated heterocycles.